The normalized spacial score (nSPS) is 9.93. The molecule has 0 saturated carbocycles. The van der Waals surface area contributed by atoms with Gasteiger partial charge >= 0.3 is 0 Å². The van der Waals surface area contributed by atoms with Crippen LogP contribution in [0.4, 0.5) is 5.69 Å². The van der Waals surface area contributed by atoms with Crippen molar-refractivity contribution in [2.24, 2.45) is 0 Å². The molecule has 0 saturated heterocycles. The zero-order chi connectivity index (χ0) is 10.7. The molecule has 1 aromatic heterocycles. The lowest BCUT2D eigenvalue weighted by Crippen LogP contribution is -1.99. The van der Waals surface area contributed by atoms with Gasteiger partial charge < -0.3 is 10.5 Å². The summed E-state index contributed by atoms with van der Waals surface area (Å²) in [6, 6.07) is 9.77. The van der Waals surface area contributed by atoms with Crippen LogP contribution in [0.3, 0.4) is 0 Å². The standard InChI is InChI=1S/C11H11N3O/c1-15-11-10(12)9(7-13-14-11)8-5-3-2-4-6-8/h2-7H,1H3,(H2,12,13). The number of ether oxygens (including phenoxy) is 1. The second kappa shape index (κ2) is 3.96. The Labute approximate surface area is 87.7 Å². The minimum absolute atomic E-state index is 0.358. The molecule has 0 unspecified atom stereocenters. The zero-order valence-electron chi connectivity index (χ0n) is 8.34. The van der Waals surface area contributed by atoms with Crippen LogP contribution < -0.4 is 10.5 Å². The molecule has 0 amide bonds. The average Bonchev–Trinajstić information content (AvgIpc) is 2.30. The van der Waals surface area contributed by atoms with Crippen LogP contribution in [0.25, 0.3) is 11.1 Å². The first-order valence-corrected chi connectivity index (χ1v) is 4.53. The smallest absolute Gasteiger partial charge is 0.257 e. The van der Waals surface area contributed by atoms with Crippen molar-refractivity contribution < 1.29 is 4.74 Å². The van der Waals surface area contributed by atoms with Gasteiger partial charge in [-0.1, -0.05) is 30.3 Å². The molecule has 0 radical (unpaired) electrons. The second-order valence-corrected chi connectivity index (χ2v) is 3.05. The van der Waals surface area contributed by atoms with E-state index >= 15 is 0 Å². The van der Waals surface area contributed by atoms with Crippen molar-refractivity contribution >= 4 is 5.69 Å². The van der Waals surface area contributed by atoms with E-state index in [1.165, 1.54) is 7.11 Å². The number of nitrogens with two attached hydrogens (primary N) is 1. The quantitative estimate of drug-likeness (QED) is 0.803. The largest absolute Gasteiger partial charge is 0.478 e. The van der Waals surface area contributed by atoms with Gasteiger partial charge in [0, 0.05) is 5.56 Å². The molecule has 0 bridgehead atoms. The van der Waals surface area contributed by atoms with Gasteiger partial charge in [-0.15, -0.1) is 5.10 Å². The SMILES string of the molecule is COc1nncc(-c2ccccc2)c1N. The van der Waals surface area contributed by atoms with Crippen molar-refractivity contribution in [3.05, 3.63) is 36.5 Å². The molecule has 2 aromatic rings. The number of rotatable bonds is 2. The lowest BCUT2D eigenvalue weighted by Gasteiger charge is -2.07. The molecule has 0 atom stereocenters. The fourth-order valence-electron chi connectivity index (χ4n) is 1.38. The minimum Gasteiger partial charge on any atom is -0.478 e. The number of anilines is 1. The van der Waals surface area contributed by atoms with Crippen LogP contribution in [0, 0.1) is 0 Å². The topological polar surface area (TPSA) is 61.0 Å². The Morgan fingerprint density at radius 2 is 1.93 bits per heavy atom. The third-order valence-corrected chi connectivity index (χ3v) is 2.13. The predicted molar refractivity (Wildman–Crippen MR) is 58.4 cm³/mol. The predicted octanol–water partition coefficient (Wildman–Crippen LogP) is 1.73. The molecule has 4 heteroatoms. The third kappa shape index (κ3) is 1.74. The Morgan fingerprint density at radius 1 is 1.20 bits per heavy atom. The van der Waals surface area contributed by atoms with Crippen LogP contribution in [0.5, 0.6) is 5.88 Å². The van der Waals surface area contributed by atoms with E-state index in [4.69, 9.17) is 10.5 Å². The number of hydrogen-bond acceptors (Lipinski definition) is 4. The minimum atomic E-state index is 0.358. The summed E-state index contributed by atoms with van der Waals surface area (Å²) in [5.74, 6) is 0.358. The van der Waals surface area contributed by atoms with E-state index in [0.717, 1.165) is 11.1 Å². The highest BCUT2D eigenvalue weighted by atomic mass is 16.5. The van der Waals surface area contributed by atoms with Crippen LogP contribution in [-0.2, 0) is 0 Å². The summed E-state index contributed by atoms with van der Waals surface area (Å²) in [6.45, 7) is 0. The van der Waals surface area contributed by atoms with Crippen LogP contribution >= 0.6 is 0 Å². The number of methoxy groups -OCH3 is 1. The first kappa shape index (κ1) is 9.45. The molecule has 2 rings (SSSR count). The summed E-state index contributed by atoms with van der Waals surface area (Å²) in [6.07, 6.45) is 1.63. The maximum atomic E-state index is 5.90. The van der Waals surface area contributed by atoms with Gasteiger partial charge in [-0.3, -0.25) is 0 Å². The van der Waals surface area contributed by atoms with E-state index < -0.39 is 0 Å². The molecule has 1 aromatic carbocycles. The molecule has 0 spiro atoms. The summed E-state index contributed by atoms with van der Waals surface area (Å²) in [4.78, 5) is 0. The molecular formula is C11H11N3O. The first-order chi connectivity index (χ1) is 7.33. The average molecular weight is 201 g/mol. The molecular weight excluding hydrogens is 190 g/mol. The van der Waals surface area contributed by atoms with E-state index in [0.29, 0.717) is 11.6 Å². The fraction of sp³-hybridized carbons (Fsp3) is 0.0909. The van der Waals surface area contributed by atoms with Gasteiger partial charge in [0.1, 0.15) is 5.69 Å². The Morgan fingerprint density at radius 3 is 2.60 bits per heavy atom. The second-order valence-electron chi connectivity index (χ2n) is 3.05. The highest BCUT2D eigenvalue weighted by Gasteiger charge is 2.08. The molecule has 15 heavy (non-hydrogen) atoms. The number of nitrogens with zero attached hydrogens (tertiary/aromatic N) is 2. The van der Waals surface area contributed by atoms with Crippen LogP contribution in [0.1, 0.15) is 0 Å². The molecule has 4 nitrogen and oxygen atoms in total. The van der Waals surface area contributed by atoms with Gasteiger partial charge in [0.25, 0.3) is 5.88 Å². The van der Waals surface area contributed by atoms with Crippen molar-refractivity contribution in [1.82, 2.24) is 10.2 Å². The monoisotopic (exact) mass is 201 g/mol. The van der Waals surface area contributed by atoms with Crippen LogP contribution in [0.2, 0.25) is 0 Å². The van der Waals surface area contributed by atoms with Gasteiger partial charge in [0.15, 0.2) is 0 Å². The lowest BCUT2D eigenvalue weighted by molar-refractivity contribution is 0.394. The molecule has 0 fully saturated rings. The number of nitrogen functional groups attached to an aromatic ring is 1. The first-order valence-electron chi connectivity index (χ1n) is 4.53. The fourth-order valence-corrected chi connectivity index (χ4v) is 1.38. The van der Waals surface area contributed by atoms with Crippen LogP contribution in [-0.4, -0.2) is 17.3 Å². The van der Waals surface area contributed by atoms with Crippen molar-refractivity contribution in [2.45, 2.75) is 0 Å². The summed E-state index contributed by atoms with van der Waals surface area (Å²) in [5, 5.41) is 7.62. The highest BCUT2D eigenvalue weighted by Crippen LogP contribution is 2.29. The van der Waals surface area contributed by atoms with E-state index in [9.17, 15) is 0 Å². The van der Waals surface area contributed by atoms with E-state index in [-0.39, 0.29) is 0 Å². The van der Waals surface area contributed by atoms with Gasteiger partial charge in [-0.25, -0.2) is 0 Å². The summed E-state index contributed by atoms with van der Waals surface area (Å²) in [7, 11) is 1.52. The highest BCUT2D eigenvalue weighted by molar-refractivity contribution is 5.78. The van der Waals surface area contributed by atoms with Gasteiger partial charge in [0.05, 0.1) is 13.3 Å². The van der Waals surface area contributed by atoms with Crippen molar-refractivity contribution in [2.75, 3.05) is 12.8 Å². The van der Waals surface area contributed by atoms with E-state index in [1.807, 2.05) is 30.3 Å². The molecule has 2 N–H and O–H groups in total. The molecule has 76 valence electrons. The van der Waals surface area contributed by atoms with E-state index in [2.05, 4.69) is 10.2 Å². The van der Waals surface area contributed by atoms with Gasteiger partial charge in [0.2, 0.25) is 0 Å². The molecule has 0 aliphatic rings. The van der Waals surface area contributed by atoms with Crippen molar-refractivity contribution in [3.63, 3.8) is 0 Å². The van der Waals surface area contributed by atoms with Crippen molar-refractivity contribution in [3.8, 4) is 17.0 Å². The van der Waals surface area contributed by atoms with Crippen molar-refractivity contribution in [1.29, 1.82) is 0 Å². The Bertz CT molecular complexity index is 457. The maximum absolute atomic E-state index is 5.90. The summed E-state index contributed by atoms with van der Waals surface area (Å²) >= 11 is 0. The Kier molecular flexibility index (Phi) is 2.49. The zero-order valence-corrected chi connectivity index (χ0v) is 8.34. The maximum Gasteiger partial charge on any atom is 0.257 e. The summed E-state index contributed by atoms with van der Waals surface area (Å²) in [5.41, 5.74) is 8.25. The number of benzene rings is 1. The molecule has 1 heterocycles. The lowest BCUT2D eigenvalue weighted by atomic mass is 10.1. The Hall–Kier alpha value is -2.10. The molecule has 0 aliphatic carbocycles. The number of hydrogen-bond donors (Lipinski definition) is 1. The summed E-state index contributed by atoms with van der Waals surface area (Å²) < 4.78 is 5.01. The Balaban J connectivity index is 2.54. The van der Waals surface area contributed by atoms with E-state index in [1.54, 1.807) is 6.20 Å². The van der Waals surface area contributed by atoms with Gasteiger partial charge in [-0.2, -0.15) is 5.10 Å². The third-order valence-electron chi connectivity index (χ3n) is 2.13. The van der Waals surface area contributed by atoms with Gasteiger partial charge in [-0.05, 0) is 5.56 Å². The molecule has 0 aliphatic heterocycles. The number of aromatic nitrogens is 2. The van der Waals surface area contributed by atoms with Crippen LogP contribution in [0.15, 0.2) is 36.5 Å².